The summed E-state index contributed by atoms with van der Waals surface area (Å²) in [6.07, 6.45) is 4.00. The molecule has 41 heavy (non-hydrogen) atoms. The van der Waals surface area contributed by atoms with Crippen LogP contribution in [0.5, 0.6) is 0 Å². The van der Waals surface area contributed by atoms with E-state index in [1.807, 2.05) is 30.3 Å². The van der Waals surface area contributed by atoms with Crippen molar-refractivity contribution in [3.05, 3.63) is 59.9 Å². The van der Waals surface area contributed by atoms with Gasteiger partial charge in [0.15, 0.2) is 11.6 Å². The fraction of sp³-hybridized carbons (Fsp3) is 0.423. The number of aliphatic carboxylic acids is 1. The summed E-state index contributed by atoms with van der Waals surface area (Å²) in [5.41, 5.74) is 1.12. The van der Waals surface area contributed by atoms with Crippen LogP contribution in [0.2, 0.25) is 0 Å². The zero-order valence-corrected chi connectivity index (χ0v) is 22.4. The van der Waals surface area contributed by atoms with Crippen molar-refractivity contribution in [3.8, 4) is 0 Å². The van der Waals surface area contributed by atoms with Gasteiger partial charge in [0.25, 0.3) is 5.91 Å². The van der Waals surface area contributed by atoms with E-state index in [-0.39, 0.29) is 18.8 Å². The number of carbonyl (C=O) groups is 5. The maximum atomic E-state index is 13.3. The number of carbonyl (C=O) groups excluding carboxylic acids is 4. The molecule has 2 unspecified atom stereocenters. The first-order valence-electron chi connectivity index (χ1n) is 13.2. The molecule has 0 aliphatic carbocycles. The molecule has 1 fully saturated rings. The van der Waals surface area contributed by atoms with Crippen LogP contribution in [0.15, 0.2) is 42.9 Å². The van der Waals surface area contributed by atoms with Crippen molar-refractivity contribution in [1.29, 1.82) is 0 Å². The highest BCUT2D eigenvalue weighted by molar-refractivity contribution is 5.98. The lowest BCUT2D eigenvalue weighted by Gasteiger charge is -2.30. The maximum absolute atomic E-state index is 13.3. The molecule has 2 aromatic heterocycles. The molecule has 0 saturated carbocycles. The zero-order valence-electron chi connectivity index (χ0n) is 22.4. The molecule has 3 atom stereocenters. The number of rotatable bonds is 12. The quantitative estimate of drug-likeness (QED) is 0.226. The largest absolute Gasteiger partial charge is 0.481 e. The topological polar surface area (TPSA) is 205 Å². The highest BCUT2D eigenvalue weighted by Gasteiger charge is 2.35. The van der Waals surface area contributed by atoms with E-state index in [0.29, 0.717) is 31.5 Å². The van der Waals surface area contributed by atoms with Gasteiger partial charge in [0.05, 0.1) is 25.0 Å². The highest BCUT2D eigenvalue weighted by Crippen LogP contribution is 2.16. The predicted molar refractivity (Wildman–Crippen MR) is 141 cm³/mol. The summed E-state index contributed by atoms with van der Waals surface area (Å²) in [5.74, 6) is -3.14. The molecule has 0 bridgehead atoms. The molecule has 1 aliphatic heterocycles. The average Bonchev–Trinajstić information content (AvgIpc) is 3.61. The molecule has 216 valence electrons. The van der Waals surface area contributed by atoms with Crippen LogP contribution < -0.4 is 10.6 Å². The summed E-state index contributed by atoms with van der Waals surface area (Å²) < 4.78 is 1.27. The Morgan fingerprint density at radius 2 is 1.95 bits per heavy atom. The third-order valence-electron chi connectivity index (χ3n) is 6.82. The number of nitrogens with zero attached hydrogens (tertiary/aromatic N) is 6. The van der Waals surface area contributed by atoms with E-state index in [1.165, 1.54) is 29.0 Å². The standard InChI is InChI=1S/C26H31N9O6/c1-16(34-10-6-5-9-18(26(34)41)29-25(40)20-13-27-15-28-20)24(39)30-19(12-23(37)38)21(36)14-35-22(31-32-33-35)11-17-7-3-2-4-8-17/h2-4,7-8,13,15-16,18-19H,5-6,9-12,14H2,1H3,(H,27,28)(H,29,40)(H,30,39)(H,37,38)/t16?,18-,19?/m0/s1. The predicted octanol–water partition coefficient (Wildman–Crippen LogP) is -0.285. The third kappa shape index (κ3) is 7.58. The van der Waals surface area contributed by atoms with Gasteiger partial charge in [-0.3, -0.25) is 24.0 Å². The molecule has 4 rings (SSSR count). The molecule has 3 aromatic rings. The maximum Gasteiger partial charge on any atom is 0.305 e. The number of imidazole rings is 1. The number of nitrogens with one attached hydrogen (secondary N) is 3. The number of carboxylic acids is 1. The highest BCUT2D eigenvalue weighted by atomic mass is 16.4. The first-order chi connectivity index (χ1) is 19.7. The number of aromatic nitrogens is 6. The van der Waals surface area contributed by atoms with Gasteiger partial charge in [0.1, 0.15) is 24.3 Å². The van der Waals surface area contributed by atoms with Crippen molar-refractivity contribution in [1.82, 2.24) is 45.7 Å². The Bertz CT molecular complexity index is 1380. The molecule has 4 N–H and O–H groups in total. The fourth-order valence-electron chi connectivity index (χ4n) is 4.56. The van der Waals surface area contributed by atoms with Gasteiger partial charge in [0.2, 0.25) is 11.8 Å². The zero-order chi connectivity index (χ0) is 29.4. The lowest BCUT2D eigenvalue weighted by atomic mass is 10.1. The lowest BCUT2D eigenvalue weighted by molar-refractivity contribution is -0.143. The number of likely N-dealkylation sites (tertiary alicyclic amines) is 1. The Morgan fingerprint density at radius 3 is 2.66 bits per heavy atom. The Kier molecular flexibility index (Phi) is 9.50. The minimum atomic E-state index is -1.38. The summed E-state index contributed by atoms with van der Waals surface area (Å²) >= 11 is 0. The molecule has 1 aromatic carbocycles. The van der Waals surface area contributed by atoms with Gasteiger partial charge in [-0.1, -0.05) is 30.3 Å². The summed E-state index contributed by atoms with van der Waals surface area (Å²) in [6.45, 7) is 1.40. The van der Waals surface area contributed by atoms with Crippen LogP contribution in [0.25, 0.3) is 0 Å². The second kappa shape index (κ2) is 13.4. The smallest absolute Gasteiger partial charge is 0.305 e. The third-order valence-corrected chi connectivity index (χ3v) is 6.82. The van der Waals surface area contributed by atoms with Gasteiger partial charge in [0, 0.05) is 13.0 Å². The fourth-order valence-corrected chi connectivity index (χ4v) is 4.56. The number of hydrogen-bond acceptors (Lipinski definition) is 9. The molecule has 15 nitrogen and oxygen atoms in total. The minimum Gasteiger partial charge on any atom is -0.481 e. The van der Waals surface area contributed by atoms with Gasteiger partial charge in [-0.05, 0) is 42.2 Å². The molecule has 3 amide bonds. The summed E-state index contributed by atoms with van der Waals surface area (Å²) in [4.78, 5) is 71.6. The van der Waals surface area contributed by atoms with Crippen molar-refractivity contribution in [3.63, 3.8) is 0 Å². The molecule has 0 spiro atoms. The van der Waals surface area contributed by atoms with Crippen molar-refractivity contribution in [2.75, 3.05) is 6.54 Å². The number of aromatic amines is 1. The second-order valence-electron chi connectivity index (χ2n) is 9.74. The van der Waals surface area contributed by atoms with Crippen molar-refractivity contribution < 1.29 is 29.1 Å². The van der Waals surface area contributed by atoms with Crippen LogP contribution in [0, 0.1) is 0 Å². The summed E-state index contributed by atoms with van der Waals surface area (Å²) in [5, 5.41) is 26.0. The molecule has 0 radical (unpaired) electrons. The summed E-state index contributed by atoms with van der Waals surface area (Å²) in [6, 6.07) is 6.08. The van der Waals surface area contributed by atoms with Crippen molar-refractivity contribution in [2.24, 2.45) is 0 Å². The number of amides is 3. The molecule has 15 heteroatoms. The van der Waals surface area contributed by atoms with Gasteiger partial charge >= 0.3 is 5.97 Å². The van der Waals surface area contributed by atoms with E-state index in [1.54, 1.807) is 0 Å². The first-order valence-corrected chi connectivity index (χ1v) is 13.2. The Hall–Kier alpha value is -4.95. The minimum absolute atomic E-state index is 0.198. The van der Waals surface area contributed by atoms with Crippen LogP contribution in [0.1, 0.15) is 54.5 Å². The summed E-state index contributed by atoms with van der Waals surface area (Å²) in [7, 11) is 0. The number of H-pyrrole nitrogens is 1. The second-order valence-corrected chi connectivity index (χ2v) is 9.74. The molecule has 1 saturated heterocycles. The lowest BCUT2D eigenvalue weighted by Crippen LogP contribution is -2.56. The number of hydrogen-bond donors (Lipinski definition) is 4. The molecular weight excluding hydrogens is 534 g/mol. The van der Waals surface area contributed by atoms with Gasteiger partial charge in [-0.15, -0.1) is 5.10 Å². The van der Waals surface area contributed by atoms with Gasteiger partial charge < -0.3 is 25.6 Å². The van der Waals surface area contributed by atoms with Crippen LogP contribution >= 0.6 is 0 Å². The Balaban J connectivity index is 1.42. The van der Waals surface area contributed by atoms with Crippen LogP contribution in [0.4, 0.5) is 0 Å². The Morgan fingerprint density at radius 1 is 1.17 bits per heavy atom. The van der Waals surface area contributed by atoms with Crippen molar-refractivity contribution >= 4 is 29.5 Å². The van der Waals surface area contributed by atoms with Crippen molar-refractivity contribution in [2.45, 2.75) is 63.7 Å². The number of Topliss-reactive ketones (excluding diaryl/α,β-unsaturated/α-hetero) is 1. The van der Waals surface area contributed by atoms with Gasteiger partial charge in [-0.25, -0.2) is 9.67 Å². The number of ketones is 1. The number of carboxylic acid groups (broad SMARTS) is 1. The monoisotopic (exact) mass is 565 g/mol. The van der Waals surface area contributed by atoms with Crippen LogP contribution in [0.3, 0.4) is 0 Å². The van der Waals surface area contributed by atoms with E-state index in [2.05, 4.69) is 36.1 Å². The number of benzene rings is 1. The molecular formula is C26H31N9O6. The molecule has 3 heterocycles. The van der Waals surface area contributed by atoms with E-state index in [4.69, 9.17) is 0 Å². The molecule has 1 aliphatic rings. The van der Waals surface area contributed by atoms with Crippen LogP contribution in [-0.4, -0.2) is 94.3 Å². The SMILES string of the molecule is CC(C(=O)NC(CC(=O)O)C(=O)Cn1nnnc1Cc1ccccc1)N1CCCC[C@H](NC(=O)c2cnc[nH]2)C1=O. The van der Waals surface area contributed by atoms with E-state index >= 15 is 0 Å². The Labute approximate surface area is 234 Å². The van der Waals surface area contributed by atoms with Crippen LogP contribution in [-0.2, 0) is 32.1 Å². The number of tetrazole rings is 1. The average molecular weight is 566 g/mol. The normalized spacial score (nSPS) is 16.9. The van der Waals surface area contributed by atoms with Gasteiger partial charge in [-0.2, -0.15) is 0 Å². The van der Waals surface area contributed by atoms with E-state index in [9.17, 15) is 29.1 Å². The first kappa shape index (κ1) is 29.0. The van der Waals surface area contributed by atoms with E-state index < -0.39 is 54.0 Å². The van der Waals surface area contributed by atoms with E-state index in [0.717, 1.165) is 5.56 Å².